The molecule has 0 aliphatic heterocycles. The Morgan fingerprint density at radius 3 is 2.42 bits per heavy atom. The minimum Gasteiger partial charge on any atom is -0.354 e. The van der Waals surface area contributed by atoms with Gasteiger partial charge in [-0.05, 0) is 31.5 Å². The summed E-state index contributed by atoms with van der Waals surface area (Å²) in [5.74, 6) is -0.120. The number of carbonyl (C=O) groups is 1. The molecule has 0 radical (unpaired) electrons. The van der Waals surface area contributed by atoms with E-state index in [1.807, 2.05) is 39.8 Å². The van der Waals surface area contributed by atoms with Gasteiger partial charge < -0.3 is 5.32 Å². The van der Waals surface area contributed by atoms with Gasteiger partial charge in [-0.2, -0.15) is 5.10 Å². The molecule has 4 nitrogen and oxygen atoms in total. The van der Waals surface area contributed by atoms with Crippen LogP contribution in [-0.2, 0) is 16.8 Å². The van der Waals surface area contributed by atoms with E-state index in [9.17, 15) is 4.79 Å². The van der Waals surface area contributed by atoms with Gasteiger partial charge in [-0.3, -0.25) is 9.48 Å². The van der Waals surface area contributed by atoms with E-state index in [4.69, 9.17) is 34.8 Å². The molecule has 0 aliphatic rings. The summed E-state index contributed by atoms with van der Waals surface area (Å²) in [5.41, 5.74) is 2.23. The fourth-order valence-corrected chi connectivity index (χ4v) is 2.79. The molecule has 1 aromatic heterocycles. The Morgan fingerprint density at radius 2 is 1.88 bits per heavy atom. The van der Waals surface area contributed by atoms with Crippen molar-refractivity contribution in [1.82, 2.24) is 15.1 Å². The van der Waals surface area contributed by atoms with Gasteiger partial charge >= 0.3 is 0 Å². The smallest absolute Gasteiger partial charge is 0.241 e. The average molecular weight is 389 g/mol. The number of carbonyl (C=O) groups excluding carboxylic acids is 1. The molecule has 0 atom stereocenters. The summed E-state index contributed by atoms with van der Waals surface area (Å²) >= 11 is 18.1. The van der Waals surface area contributed by atoms with E-state index in [-0.39, 0.29) is 17.9 Å². The molecule has 0 saturated heterocycles. The van der Waals surface area contributed by atoms with Crippen LogP contribution in [0.1, 0.15) is 30.8 Å². The number of nitrogens with one attached hydrogen (secondary N) is 1. The fourth-order valence-electron chi connectivity index (χ4n) is 2.36. The highest BCUT2D eigenvalue weighted by Gasteiger charge is 2.22. The first kappa shape index (κ1) is 19.1. The maximum absolute atomic E-state index is 12.2. The van der Waals surface area contributed by atoms with Gasteiger partial charge in [0.2, 0.25) is 5.91 Å². The van der Waals surface area contributed by atoms with Crippen LogP contribution in [0, 0.1) is 13.8 Å². The van der Waals surface area contributed by atoms with Gasteiger partial charge in [0.25, 0.3) is 0 Å². The van der Waals surface area contributed by atoms with E-state index in [1.165, 1.54) is 0 Å². The first-order chi connectivity index (χ1) is 11.1. The van der Waals surface area contributed by atoms with Crippen molar-refractivity contribution in [3.8, 4) is 0 Å². The summed E-state index contributed by atoms with van der Waals surface area (Å²) in [6.45, 7) is 8.33. The standard InChI is InChI=1S/C17H20Cl3N3O/c1-10-16(20)11(2)23(22-10)8-15(24)21-9-17(3,4)12-5-6-13(18)14(19)7-12/h5-7H,8-9H2,1-4H3,(H,21,24). The number of halogens is 3. The van der Waals surface area contributed by atoms with Gasteiger partial charge in [-0.25, -0.2) is 0 Å². The number of aryl methyl sites for hydroxylation is 1. The summed E-state index contributed by atoms with van der Waals surface area (Å²) in [5, 5.41) is 8.82. The van der Waals surface area contributed by atoms with Crippen molar-refractivity contribution in [2.24, 2.45) is 0 Å². The maximum atomic E-state index is 12.2. The number of aromatic nitrogens is 2. The highest BCUT2D eigenvalue weighted by Crippen LogP contribution is 2.29. The Balaban J connectivity index is 2.01. The Labute approximate surface area is 157 Å². The molecule has 0 bridgehead atoms. The largest absolute Gasteiger partial charge is 0.354 e. The molecule has 0 saturated carbocycles. The average Bonchev–Trinajstić information content (AvgIpc) is 2.75. The molecule has 0 spiro atoms. The molecule has 2 aromatic rings. The van der Waals surface area contributed by atoms with Crippen LogP contribution in [0.5, 0.6) is 0 Å². The molecule has 0 unspecified atom stereocenters. The van der Waals surface area contributed by atoms with Gasteiger partial charge in [0.15, 0.2) is 0 Å². The van der Waals surface area contributed by atoms with Crippen molar-refractivity contribution in [2.75, 3.05) is 6.54 Å². The molecular formula is C17H20Cl3N3O. The number of hydrogen-bond donors (Lipinski definition) is 1. The lowest BCUT2D eigenvalue weighted by molar-refractivity contribution is -0.122. The summed E-state index contributed by atoms with van der Waals surface area (Å²) in [7, 11) is 0. The van der Waals surface area contributed by atoms with Crippen LogP contribution in [-0.4, -0.2) is 22.2 Å². The SMILES string of the molecule is Cc1nn(CC(=O)NCC(C)(C)c2ccc(Cl)c(Cl)c2)c(C)c1Cl. The highest BCUT2D eigenvalue weighted by molar-refractivity contribution is 6.42. The number of rotatable bonds is 5. The van der Waals surface area contributed by atoms with Crippen LogP contribution < -0.4 is 5.32 Å². The molecule has 7 heteroatoms. The second-order valence-corrected chi connectivity index (χ2v) is 7.62. The zero-order valence-electron chi connectivity index (χ0n) is 14.1. The molecule has 0 fully saturated rings. The van der Waals surface area contributed by atoms with Crippen molar-refractivity contribution in [1.29, 1.82) is 0 Å². The number of amides is 1. The summed E-state index contributed by atoms with van der Waals surface area (Å²) in [4.78, 5) is 12.2. The van der Waals surface area contributed by atoms with Gasteiger partial charge in [0.05, 0.1) is 26.5 Å². The number of hydrogen-bond acceptors (Lipinski definition) is 2. The Hall–Kier alpha value is -1.23. The van der Waals surface area contributed by atoms with E-state index >= 15 is 0 Å². The molecule has 130 valence electrons. The predicted molar refractivity (Wildman–Crippen MR) is 99.2 cm³/mol. The molecule has 1 amide bonds. The Bertz CT molecular complexity index is 769. The van der Waals surface area contributed by atoms with Crippen LogP contribution in [0.2, 0.25) is 15.1 Å². The van der Waals surface area contributed by atoms with Crippen molar-refractivity contribution >= 4 is 40.7 Å². The molecule has 0 aliphatic carbocycles. The summed E-state index contributed by atoms with van der Waals surface area (Å²) in [6, 6.07) is 5.51. The lowest BCUT2D eigenvalue weighted by Gasteiger charge is -2.26. The topological polar surface area (TPSA) is 46.9 Å². The zero-order chi connectivity index (χ0) is 18.1. The van der Waals surface area contributed by atoms with E-state index in [0.29, 0.717) is 21.6 Å². The predicted octanol–water partition coefficient (Wildman–Crippen LogP) is 4.55. The molecular weight excluding hydrogens is 369 g/mol. The van der Waals surface area contributed by atoms with Crippen molar-refractivity contribution in [3.63, 3.8) is 0 Å². The summed E-state index contributed by atoms with van der Waals surface area (Å²) < 4.78 is 1.61. The van der Waals surface area contributed by atoms with E-state index in [1.54, 1.807) is 10.7 Å². The molecule has 24 heavy (non-hydrogen) atoms. The molecule has 1 heterocycles. The normalized spacial score (nSPS) is 11.6. The van der Waals surface area contributed by atoms with Crippen LogP contribution in [0.25, 0.3) is 0 Å². The van der Waals surface area contributed by atoms with Crippen LogP contribution >= 0.6 is 34.8 Å². The molecule has 2 rings (SSSR count). The van der Waals surface area contributed by atoms with Crippen molar-refractivity contribution in [3.05, 3.63) is 50.2 Å². The second-order valence-electron chi connectivity index (χ2n) is 6.43. The Morgan fingerprint density at radius 1 is 1.21 bits per heavy atom. The number of benzene rings is 1. The minimum absolute atomic E-state index is 0.120. The molecule has 1 aromatic carbocycles. The highest BCUT2D eigenvalue weighted by atomic mass is 35.5. The summed E-state index contributed by atoms with van der Waals surface area (Å²) in [6.07, 6.45) is 0. The lowest BCUT2D eigenvalue weighted by atomic mass is 9.84. The minimum atomic E-state index is -0.281. The van der Waals surface area contributed by atoms with Gasteiger partial charge in [0, 0.05) is 12.0 Å². The fraction of sp³-hybridized carbons (Fsp3) is 0.412. The van der Waals surface area contributed by atoms with E-state index < -0.39 is 0 Å². The van der Waals surface area contributed by atoms with Crippen molar-refractivity contribution in [2.45, 2.75) is 39.7 Å². The van der Waals surface area contributed by atoms with Crippen molar-refractivity contribution < 1.29 is 4.79 Å². The van der Waals surface area contributed by atoms with E-state index in [0.717, 1.165) is 17.0 Å². The lowest BCUT2D eigenvalue weighted by Crippen LogP contribution is -2.38. The van der Waals surface area contributed by atoms with Gasteiger partial charge in [-0.15, -0.1) is 0 Å². The first-order valence-corrected chi connectivity index (χ1v) is 8.67. The van der Waals surface area contributed by atoms with Gasteiger partial charge in [0.1, 0.15) is 6.54 Å². The monoisotopic (exact) mass is 387 g/mol. The van der Waals surface area contributed by atoms with Crippen LogP contribution in [0.15, 0.2) is 18.2 Å². The third-order valence-corrected chi connectivity index (χ3v) is 5.30. The maximum Gasteiger partial charge on any atom is 0.241 e. The first-order valence-electron chi connectivity index (χ1n) is 7.53. The van der Waals surface area contributed by atoms with Crippen LogP contribution in [0.3, 0.4) is 0 Å². The van der Waals surface area contributed by atoms with Gasteiger partial charge in [-0.1, -0.05) is 54.7 Å². The Kier molecular flexibility index (Phi) is 5.84. The van der Waals surface area contributed by atoms with E-state index in [2.05, 4.69) is 10.4 Å². The quantitative estimate of drug-likeness (QED) is 0.816. The van der Waals surface area contributed by atoms with Crippen LogP contribution in [0.4, 0.5) is 0 Å². The zero-order valence-corrected chi connectivity index (χ0v) is 16.4. The third-order valence-electron chi connectivity index (χ3n) is 4.02. The third kappa shape index (κ3) is 4.24. The molecule has 1 N–H and O–H groups in total. The number of nitrogens with zero attached hydrogens (tertiary/aromatic N) is 2. The second kappa shape index (κ2) is 7.34.